The van der Waals surface area contributed by atoms with E-state index in [-0.39, 0.29) is 24.0 Å². The molecule has 9 nitrogen and oxygen atoms in total. The number of nitriles is 1. The predicted molar refractivity (Wildman–Crippen MR) is 98.2 cm³/mol. The van der Waals surface area contributed by atoms with Crippen molar-refractivity contribution in [2.24, 2.45) is 18.0 Å². The summed E-state index contributed by atoms with van der Waals surface area (Å²) in [5, 5.41) is 19.3. The van der Waals surface area contributed by atoms with Gasteiger partial charge in [0.1, 0.15) is 17.8 Å². The van der Waals surface area contributed by atoms with Crippen molar-refractivity contribution in [1.29, 1.82) is 5.26 Å². The predicted octanol–water partition coefficient (Wildman–Crippen LogP) is 0.599. The number of ether oxygens (including phenoxy) is 1. The normalized spacial score (nSPS) is 26.3. The van der Waals surface area contributed by atoms with Crippen LogP contribution in [0.5, 0.6) is 0 Å². The summed E-state index contributed by atoms with van der Waals surface area (Å²) in [7, 11) is 3.49. The molecule has 1 aromatic heterocycles. The molecule has 0 aromatic carbocycles. The second-order valence-corrected chi connectivity index (χ2v) is 6.83. The van der Waals surface area contributed by atoms with E-state index >= 15 is 0 Å². The van der Waals surface area contributed by atoms with Gasteiger partial charge in [-0.2, -0.15) is 10.4 Å². The van der Waals surface area contributed by atoms with Crippen LogP contribution >= 0.6 is 0 Å². The van der Waals surface area contributed by atoms with Gasteiger partial charge in [0.05, 0.1) is 25.3 Å². The lowest BCUT2D eigenvalue weighted by Crippen LogP contribution is -2.48. The number of carbonyl (C=O) groups excluding carboxylic acids is 1. The first kappa shape index (κ1) is 17.1. The highest BCUT2D eigenvalue weighted by molar-refractivity contribution is 5.99. The lowest BCUT2D eigenvalue weighted by molar-refractivity contribution is 0.213. The van der Waals surface area contributed by atoms with Crippen LogP contribution < -0.4 is 10.6 Å². The van der Waals surface area contributed by atoms with Crippen LogP contribution in [0.3, 0.4) is 0 Å². The summed E-state index contributed by atoms with van der Waals surface area (Å²) < 4.78 is 7.22. The number of amides is 2. The van der Waals surface area contributed by atoms with Crippen LogP contribution in [-0.2, 0) is 11.8 Å². The van der Waals surface area contributed by atoms with E-state index in [4.69, 9.17) is 10.00 Å². The first-order valence-electron chi connectivity index (χ1n) is 8.83. The van der Waals surface area contributed by atoms with Gasteiger partial charge in [-0.25, -0.2) is 9.79 Å². The van der Waals surface area contributed by atoms with Gasteiger partial charge in [-0.05, 0) is 18.1 Å². The summed E-state index contributed by atoms with van der Waals surface area (Å²) in [6.07, 6.45) is 8.33. The molecule has 4 rings (SSSR count). The molecule has 2 aliphatic heterocycles. The first-order chi connectivity index (χ1) is 13.1. The van der Waals surface area contributed by atoms with Crippen molar-refractivity contribution >= 4 is 17.6 Å². The minimum absolute atomic E-state index is 0.0973. The number of aryl methyl sites for hydroxylation is 1. The highest BCUT2D eigenvalue weighted by Crippen LogP contribution is 2.32. The van der Waals surface area contributed by atoms with Gasteiger partial charge in [0.2, 0.25) is 5.96 Å². The minimum Gasteiger partial charge on any atom is -0.499 e. The van der Waals surface area contributed by atoms with Crippen molar-refractivity contribution in [3.05, 3.63) is 35.9 Å². The lowest BCUT2D eigenvalue weighted by atomic mass is 9.90. The van der Waals surface area contributed by atoms with Crippen molar-refractivity contribution in [2.75, 3.05) is 20.2 Å². The van der Waals surface area contributed by atoms with Gasteiger partial charge in [0, 0.05) is 31.9 Å². The maximum Gasteiger partial charge on any atom is 0.324 e. The zero-order valence-corrected chi connectivity index (χ0v) is 15.2. The molecule has 9 heteroatoms. The average Bonchev–Trinajstić information content (AvgIpc) is 3.39. The Morgan fingerprint density at radius 3 is 3.00 bits per heavy atom. The first-order valence-corrected chi connectivity index (χ1v) is 8.83. The molecule has 2 unspecified atom stereocenters. The molecule has 1 aromatic rings. The Labute approximate surface area is 157 Å². The number of allylic oxidation sites excluding steroid dienone is 2. The number of hydrogen-bond acceptors (Lipinski definition) is 6. The van der Waals surface area contributed by atoms with Crippen LogP contribution in [-0.4, -0.2) is 59.0 Å². The van der Waals surface area contributed by atoms with Gasteiger partial charge in [-0.1, -0.05) is 6.08 Å². The largest absolute Gasteiger partial charge is 0.499 e. The molecule has 2 amide bonds. The fourth-order valence-electron chi connectivity index (χ4n) is 3.66. The maximum atomic E-state index is 12.5. The van der Waals surface area contributed by atoms with E-state index in [0.29, 0.717) is 25.5 Å². The van der Waals surface area contributed by atoms with Crippen LogP contribution in [0.25, 0.3) is 5.57 Å². The third-order valence-corrected chi connectivity index (χ3v) is 5.09. The van der Waals surface area contributed by atoms with Crippen molar-refractivity contribution < 1.29 is 9.53 Å². The number of hydrogen-bond donors (Lipinski definition) is 2. The number of nitrogens with zero attached hydrogens (tertiary/aromatic N) is 5. The van der Waals surface area contributed by atoms with E-state index in [1.165, 1.54) is 0 Å². The van der Waals surface area contributed by atoms with E-state index in [1.807, 2.05) is 25.4 Å². The molecule has 3 aliphatic rings. The molecule has 0 radical (unpaired) electrons. The molecule has 140 valence electrons. The number of guanidine groups is 1. The van der Waals surface area contributed by atoms with Crippen LogP contribution in [0.15, 0.2) is 35.3 Å². The standard InChI is InChI=1S/C18H21N7O2/c1-24-10-12(8-20-24)13-3-4-14(27-2)16-15(13)21-17(22-16)23-18(26)25-6-5-11(7-19)9-25/h3-4,8,10-11,15-16H,5-6,9H2,1-2H3,(H2,21,22,23,26)/t11-,15?,16?/m1/s1. The van der Waals surface area contributed by atoms with Crippen molar-refractivity contribution in [3.63, 3.8) is 0 Å². The van der Waals surface area contributed by atoms with Gasteiger partial charge < -0.3 is 15.0 Å². The Kier molecular flexibility index (Phi) is 4.32. The van der Waals surface area contributed by atoms with Gasteiger partial charge in [-0.15, -0.1) is 0 Å². The van der Waals surface area contributed by atoms with Crippen LogP contribution in [0.4, 0.5) is 4.79 Å². The number of urea groups is 1. The Morgan fingerprint density at radius 2 is 2.33 bits per heavy atom. The third kappa shape index (κ3) is 3.14. The molecule has 1 fully saturated rings. The van der Waals surface area contributed by atoms with Crippen molar-refractivity contribution in [1.82, 2.24) is 25.3 Å². The molecule has 2 N–H and O–H groups in total. The average molecular weight is 367 g/mol. The number of likely N-dealkylation sites (tertiary alicyclic amines) is 1. The van der Waals surface area contributed by atoms with Crippen molar-refractivity contribution in [3.8, 4) is 6.07 Å². The molecule has 27 heavy (non-hydrogen) atoms. The zero-order chi connectivity index (χ0) is 19.0. The summed E-state index contributed by atoms with van der Waals surface area (Å²) in [5.74, 6) is 1.07. The number of nitrogens with one attached hydrogen (secondary N) is 2. The number of aromatic nitrogens is 2. The number of carbonyl (C=O) groups is 1. The summed E-state index contributed by atoms with van der Waals surface area (Å²) in [6.45, 7) is 1.03. The molecule has 1 aliphatic carbocycles. The Hall–Kier alpha value is -3.28. The monoisotopic (exact) mass is 367 g/mol. The van der Waals surface area contributed by atoms with E-state index in [0.717, 1.165) is 16.9 Å². The maximum absolute atomic E-state index is 12.5. The molecular weight excluding hydrogens is 346 g/mol. The third-order valence-electron chi connectivity index (χ3n) is 5.09. The fourth-order valence-corrected chi connectivity index (χ4v) is 3.66. The molecule has 3 atom stereocenters. The topological polar surface area (TPSA) is 108 Å². The zero-order valence-electron chi connectivity index (χ0n) is 15.2. The quantitative estimate of drug-likeness (QED) is 0.796. The molecule has 0 saturated carbocycles. The van der Waals surface area contributed by atoms with Crippen LogP contribution in [0.2, 0.25) is 0 Å². The van der Waals surface area contributed by atoms with Gasteiger partial charge in [0.25, 0.3) is 0 Å². The Morgan fingerprint density at radius 1 is 1.48 bits per heavy atom. The van der Waals surface area contributed by atoms with E-state index in [9.17, 15) is 4.79 Å². The van der Waals surface area contributed by atoms with Crippen molar-refractivity contribution in [2.45, 2.75) is 18.5 Å². The number of aliphatic imine (C=N–C) groups is 1. The molecule has 1 saturated heterocycles. The van der Waals surface area contributed by atoms with Crippen LogP contribution in [0, 0.1) is 17.2 Å². The molecular formula is C18H21N7O2. The Balaban J connectivity index is 1.52. The highest BCUT2D eigenvalue weighted by Gasteiger charge is 2.38. The van der Waals surface area contributed by atoms with E-state index < -0.39 is 0 Å². The molecule has 0 bridgehead atoms. The van der Waals surface area contributed by atoms with Gasteiger partial charge >= 0.3 is 6.03 Å². The van der Waals surface area contributed by atoms with Crippen LogP contribution in [0.1, 0.15) is 12.0 Å². The van der Waals surface area contributed by atoms with Gasteiger partial charge in [-0.3, -0.25) is 10.00 Å². The minimum atomic E-state index is -0.243. The lowest BCUT2D eigenvalue weighted by Gasteiger charge is -2.25. The molecule has 3 heterocycles. The second kappa shape index (κ2) is 6.79. The van der Waals surface area contributed by atoms with E-state index in [1.54, 1.807) is 22.9 Å². The van der Waals surface area contributed by atoms with Gasteiger partial charge in [0.15, 0.2) is 0 Å². The number of rotatable bonds is 2. The summed E-state index contributed by atoms with van der Waals surface area (Å²) >= 11 is 0. The highest BCUT2D eigenvalue weighted by atomic mass is 16.5. The smallest absolute Gasteiger partial charge is 0.324 e. The Bertz CT molecular complexity index is 892. The number of methoxy groups -OCH3 is 1. The van der Waals surface area contributed by atoms with E-state index in [2.05, 4.69) is 26.8 Å². The number of fused-ring (bicyclic) bond motifs is 1. The fraction of sp³-hybridized carbons (Fsp3) is 0.444. The summed E-state index contributed by atoms with van der Waals surface area (Å²) in [4.78, 5) is 18.8. The SMILES string of the molecule is COC1=CC=C(c2cnn(C)c2)C2N=C(NC(=O)N3CC[C@H](C#N)C3)NC12. The summed E-state index contributed by atoms with van der Waals surface area (Å²) in [5.41, 5.74) is 1.99. The second-order valence-electron chi connectivity index (χ2n) is 6.83. The summed E-state index contributed by atoms with van der Waals surface area (Å²) in [6, 6.07) is 1.58. The molecule has 0 spiro atoms.